The lowest BCUT2D eigenvalue weighted by atomic mass is 10.0. The average Bonchev–Trinajstić information content (AvgIpc) is 2.37. The molecule has 0 aliphatic heterocycles. The second-order valence-electron chi connectivity index (χ2n) is 4.66. The fraction of sp³-hybridized carbons (Fsp3) is 0.500. The minimum Gasteiger partial charge on any atom is -0.494 e. The van der Waals surface area contributed by atoms with Gasteiger partial charge in [-0.05, 0) is 31.0 Å². The standard InChI is InChI=1S/C14H21FN2O2.ClH/c1-9(10(2)16)14(18)17-7-6-11-4-5-13(19-3)12(15)8-11;/h4-5,8-10H,6-7,16H2,1-3H3,(H,17,18);1H. The van der Waals surface area contributed by atoms with Crippen LogP contribution in [0.15, 0.2) is 18.2 Å². The van der Waals surface area contributed by atoms with Crippen molar-refractivity contribution in [3.63, 3.8) is 0 Å². The van der Waals surface area contributed by atoms with Gasteiger partial charge in [-0.2, -0.15) is 0 Å². The molecule has 20 heavy (non-hydrogen) atoms. The van der Waals surface area contributed by atoms with Crippen molar-refractivity contribution in [2.75, 3.05) is 13.7 Å². The van der Waals surface area contributed by atoms with Crippen molar-refractivity contribution in [3.8, 4) is 5.75 Å². The SMILES string of the molecule is COc1ccc(CCNC(=O)C(C)C(C)N)cc1F.Cl. The Labute approximate surface area is 125 Å². The maximum Gasteiger partial charge on any atom is 0.224 e. The van der Waals surface area contributed by atoms with Crippen molar-refractivity contribution in [2.24, 2.45) is 11.7 Å². The third kappa shape index (κ3) is 5.35. The van der Waals surface area contributed by atoms with Gasteiger partial charge in [-0.1, -0.05) is 13.0 Å². The van der Waals surface area contributed by atoms with Crippen LogP contribution < -0.4 is 15.8 Å². The Hall–Kier alpha value is -1.33. The van der Waals surface area contributed by atoms with E-state index in [1.807, 2.05) is 0 Å². The van der Waals surface area contributed by atoms with Crippen LogP contribution in [0.4, 0.5) is 4.39 Å². The van der Waals surface area contributed by atoms with Gasteiger partial charge in [0, 0.05) is 18.5 Å². The number of nitrogens with one attached hydrogen (secondary N) is 1. The highest BCUT2D eigenvalue weighted by Crippen LogP contribution is 2.17. The number of amides is 1. The van der Waals surface area contributed by atoms with E-state index in [-0.39, 0.29) is 36.0 Å². The predicted molar refractivity (Wildman–Crippen MR) is 79.7 cm³/mol. The number of hydrogen-bond donors (Lipinski definition) is 2. The molecule has 114 valence electrons. The van der Waals surface area contributed by atoms with Crippen LogP contribution in [0.5, 0.6) is 5.75 Å². The first kappa shape index (κ1) is 18.7. The smallest absolute Gasteiger partial charge is 0.224 e. The Morgan fingerprint density at radius 2 is 2.10 bits per heavy atom. The van der Waals surface area contributed by atoms with Crippen LogP contribution in [0.25, 0.3) is 0 Å². The lowest BCUT2D eigenvalue weighted by molar-refractivity contribution is -0.124. The summed E-state index contributed by atoms with van der Waals surface area (Å²) in [6.07, 6.45) is 0.568. The predicted octanol–water partition coefficient (Wildman–Crippen LogP) is 1.90. The summed E-state index contributed by atoms with van der Waals surface area (Å²) in [6.45, 7) is 4.04. The number of benzene rings is 1. The first-order chi connectivity index (χ1) is 8.95. The zero-order valence-electron chi connectivity index (χ0n) is 12.0. The van der Waals surface area contributed by atoms with Crippen LogP contribution in [-0.2, 0) is 11.2 Å². The highest BCUT2D eigenvalue weighted by Gasteiger charge is 2.16. The zero-order valence-corrected chi connectivity index (χ0v) is 12.8. The summed E-state index contributed by atoms with van der Waals surface area (Å²) in [7, 11) is 1.42. The molecule has 2 atom stereocenters. The summed E-state index contributed by atoms with van der Waals surface area (Å²) < 4.78 is 18.3. The Bertz CT molecular complexity index is 441. The van der Waals surface area contributed by atoms with E-state index in [0.717, 1.165) is 5.56 Å². The van der Waals surface area contributed by atoms with Crippen LogP contribution in [0.2, 0.25) is 0 Å². The van der Waals surface area contributed by atoms with Gasteiger partial charge in [-0.3, -0.25) is 4.79 Å². The van der Waals surface area contributed by atoms with E-state index in [2.05, 4.69) is 5.32 Å². The molecule has 3 N–H and O–H groups in total. The highest BCUT2D eigenvalue weighted by atomic mass is 35.5. The Morgan fingerprint density at radius 1 is 1.45 bits per heavy atom. The van der Waals surface area contributed by atoms with Crippen LogP contribution >= 0.6 is 12.4 Å². The monoisotopic (exact) mass is 304 g/mol. The molecule has 0 saturated carbocycles. The molecule has 1 aromatic carbocycles. The van der Waals surface area contributed by atoms with Crippen LogP contribution in [0.3, 0.4) is 0 Å². The van der Waals surface area contributed by atoms with Gasteiger partial charge in [0.1, 0.15) is 0 Å². The topological polar surface area (TPSA) is 64.3 Å². The molecule has 2 unspecified atom stereocenters. The number of carbonyl (C=O) groups is 1. The van der Waals surface area contributed by atoms with Gasteiger partial charge >= 0.3 is 0 Å². The minimum atomic E-state index is -0.393. The number of halogens is 2. The summed E-state index contributed by atoms with van der Waals surface area (Å²) in [6, 6.07) is 4.60. The fourth-order valence-electron chi connectivity index (χ4n) is 1.60. The van der Waals surface area contributed by atoms with E-state index in [1.165, 1.54) is 13.2 Å². The van der Waals surface area contributed by atoms with E-state index in [4.69, 9.17) is 10.5 Å². The van der Waals surface area contributed by atoms with Gasteiger partial charge in [0.15, 0.2) is 11.6 Å². The zero-order chi connectivity index (χ0) is 14.4. The second kappa shape index (κ2) is 8.76. The molecule has 1 aromatic rings. The molecule has 6 heteroatoms. The van der Waals surface area contributed by atoms with Crippen molar-refractivity contribution in [1.29, 1.82) is 0 Å². The second-order valence-corrected chi connectivity index (χ2v) is 4.66. The number of rotatable bonds is 6. The summed E-state index contributed by atoms with van der Waals surface area (Å²) in [5.41, 5.74) is 6.46. The molecular formula is C14H22ClFN2O2. The number of carbonyl (C=O) groups excluding carboxylic acids is 1. The lowest BCUT2D eigenvalue weighted by Crippen LogP contribution is -2.39. The molecular weight excluding hydrogens is 283 g/mol. The van der Waals surface area contributed by atoms with Crippen LogP contribution in [-0.4, -0.2) is 25.6 Å². The van der Waals surface area contributed by atoms with Crippen LogP contribution in [0, 0.1) is 11.7 Å². The van der Waals surface area contributed by atoms with Gasteiger partial charge in [-0.15, -0.1) is 12.4 Å². The molecule has 4 nitrogen and oxygen atoms in total. The molecule has 0 bridgehead atoms. The van der Waals surface area contributed by atoms with E-state index in [9.17, 15) is 9.18 Å². The normalized spacial score (nSPS) is 13.1. The Kier molecular flexibility index (Phi) is 8.18. The van der Waals surface area contributed by atoms with Gasteiger partial charge in [0.25, 0.3) is 0 Å². The molecule has 0 spiro atoms. The molecule has 1 amide bonds. The maximum absolute atomic E-state index is 13.4. The maximum atomic E-state index is 13.4. The number of hydrogen-bond acceptors (Lipinski definition) is 3. The summed E-state index contributed by atoms with van der Waals surface area (Å²) >= 11 is 0. The van der Waals surface area contributed by atoms with Crippen molar-refractivity contribution in [3.05, 3.63) is 29.6 Å². The van der Waals surface area contributed by atoms with Gasteiger partial charge in [-0.25, -0.2) is 4.39 Å². The third-order valence-electron chi connectivity index (χ3n) is 3.13. The Balaban J connectivity index is 0.00000361. The van der Waals surface area contributed by atoms with Gasteiger partial charge in [0.05, 0.1) is 7.11 Å². The van der Waals surface area contributed by atoms with Crippen molar-refractivity contribution in [2.45, 2.75) is 26.3 Å². The van der Waals surface area contributed by atoms with Crippen molar-refractivity contribution >= 4 is 18.3 Å². The number of nitrogens with two attached hydrogens (primary N) is 1. The molecule has 0 radical (unpaired) electrons. The molecule has 1 rings (SSSR count). The number of ether oxygens (including phenoxy) is 1. The summed E-state index contributed by atoms with van der Waals surface area (Å²) in [5, 5.41) is 2.79. The minimum absolute atomic E-state index is 0. The molecule has 0 saturated heterocycles. The molecule has 0 heterocycles. The number of methoxy groups -OCH3 is 1. The van der Waals surface area contributed by atoms with E-state index in [0.29, 0.717) is 13.0 Å². The van der Waals surface area contributed by atoms with Crippen molar-refractivity contribution in [1.82, 2.24) is 5.32 Å². The summed E-state index contributed by atoms with van der Waals surface area (Å²) in [5.74, 6) is -0.481. The first-order valence-electron chi connectivity index (χ1n) is 6.31. The lowest BCUT2D eigenvalue weighted by Gasteiger charge is -2.15. The third-order valence-corrected chi connectivity index (χ3v) is 3.13. The highest BCUT2D eigenvalue weighted by molar-refractivity contribution is 5.85. The Morgan fingerprint density at radius 3 is 2.60 bits per heavy atom. The largest absolute Gasteiger partial charge is 0.494 e. The van der Waals surface area contributed by atoms with Crippen molar-refractivity contribution < 1.29 is 13.9 Å². The molecule has 0 fully saturated rings. The summed E-state index contributed by atoms with van der Waals surface area (Å²) in [4.78, 5) is 11.7. The molecule has 0 aromatic heterocycles. The van der Waals surface area contributed by atoms with Crippen LogP contribution in [0.1, 0.15) is 19.4 Å². The quantitative estimate of drug-likeness (QED) is 0.843. The fourth-order valence-corrected chi connectivity index (χ4v) is 1.60. The van der Waals surface area contributed by atoms with Gasteiger partial charge in [0.2, 0.25) is 5.91 Å². The molecule has 0 aliphatic rings. The molecule has 0 aliphatic carbocycles. The van der Waals surface area contributed by atoms with E-state index >= 15 is 0 Å². The van der Waals surface area contributed by atoms with Gasteiger partial charge < -0.3 is 15.8 Å². The van der Waals surface area contributed by atoms with E-state index in [1.54, 1.807) is 26.0 Å². The first-order valence-corrected chi connectivity index (χ1v) is 6.31. The van der Waals surface area contributed by atoms with E-state index < -0.39 is 5.82 Å². The average molecular weight is 305 g/mol.